The van der Waals surface area contributed by atoms with Crippen molar-refractivity contribution >= 4 is 5.78 Å². The molecule has 0 radical (unpaired) electrons. The quantitative estimate of drug-likeness (QED) is 0.463. The highest BCUT2D eigenvalue weighted by molar-refractivity contribution is 5.81. The van der Waals surface area contributed by atoms with Gasteiger partial charge >= 0.3 is 0 Å². The molecule has 1 atom stereocenters. The van der Waals surface area contributed by atoms with Crippen LogP contribution in [0, 0.1) is 5.92 Å². The molecule has 0 fully saturated rings. The van der Waals surface area contributed by atoms with E-state index in [2.05, 4.69) is 13.0 Å². The van der Waals surface area contributed by atoms with Gasteiger partial charge in [0.2, 0.25) is 0 Å². The smallest absolute Gasteiger partial charge is 0.136 e. The van der Waals surface area contributed by atoms with E-state index in [1.165, 1.54) is 31.3 Å². The van der Waals surface area contributed by atoms with Gasteiger partial charge in [0.1, 0.15) is 5.78 Å². The minimum Gasteiger partial charge on any atom is -0.299 e. The Morgan fingerprint density at radius 2 is 2.21 bits per heavy atom. The Labute approximate surface area is 87.6 Å². The third-order valence-electron chi connectivity index (χ3n) is 3.12. The van der Waals surface area contributed by atoms with Gasteiger partial charge < -0.3 is 0 Å². The van der Waals surface area contributed by atoms with Crippen LogP contribution in [-0.2, 0) is 4.79 Å². The van der Waals surface area contributed by atoms with Gasteiger partial charge in [0.15, 0.2) is 0 Å². The van der Waals surface area contributed by atoms with Gasteiger partial charge in [-0.05, 0) is 32.6 Å². The molecule has 80 valence electrons. The Bertz CT molecular complexity index is 215. The normalized spacial score (nSPS) is 21.0. The molecule has 1 rings (SSSR count). The first-order chi connectivity index (χ1) is 6.75. The van der Waals surface area contributed by atoms with Gasteiger partial charge in [-0.15, -0.1) is 0 Å². The van der Waals surface area contributed by atoms with Crippen molar-refractivity contribution in [3.8, 4) is 0 Å². The zero-order valence-electron chi connectivity index (χ0n) is 9.51. The molecule has 1 unspecified atom stereocenters. The first-order valence-corrected chi connectivity index (χ1v) is 5.95. The van der Waals surface area contributed by atoms with Gasteiger partial charge in [-0.3, -0.25) is 4.79 Å². The number of carbonyl (C=O) groups excluding carboxylic acids is 1. The molecule has 0 aliphatic heterocycles. The summed E-state index contributed by atoms with van der Waals surface area (Å²) in [5.74, 6) is 0.640. The van der Waals surface area contributed by atoms with Crippen LogP contribution in [0.15, 0.2) is 11.6 Å². The molecule has 0 aromatic rings. The second kappa shape index (κ2) is 6.00. The van der Waals surface area contributed by atoms with Crippen LogP contribution >= 0.6 is 0 Å². The van der Waals surface area contributed by atoms with E-state index >= 15 is 0 Å². The van der Waals surface area contributed by atoms with E-state index < -0.39 is 0 Å². The minimum absolute atomic E-state index is 0.275. The zero-order valence-corrected chi connectivity index (χ0v) is 9.51. The summed E-state index contributed by atoms with van der Waals surface area (Å²) in [6, 6.07) is 0. The summed E-state index contributed by atoms with van der Waals surface area (Å²) in [7, 11) is 0. The number of ketones is 1. The van der Waals surface area contributed by atoms with Crippen molar-refractivity contribution in [1.29, 1.82) is 0 Å². The van der Waals surface area contributed by atoms with E-state index in [0.29, 0.717) is 5.78 Å². The molecule has 0 amide bonds. The van der Waals surface area contributed by atoms with Gasteiger partial charge in [0.25, 0.3) is 0 Å². The Balaban J connectivity index is 2.26. The molecule has 1 aliphatic rings. The molecule has 0 heterocycles. The molecule has 1 nitrogen and oxygen atoms in total. The fraction of sp³-hybridized carbons (Fsp3) is 0.769. The fourth-order valence-corrected chi connectivity index (χ4v) is 2.26. The summed E-state index contributed by atoms with van der Waals surface area (Å²) < 4.78 is 0. The lowest BCUT2D eigenvalue weighted by molar-refractivity contribution is -0.119. The number of carbonyl (C=O) groups is 1. The molecule has 0 aromatic carbocycles. The number of hydrogen-bond acceptors (Lipinski definition) is 1. The van der Waals surface area contributed by atoms with Crippen LogP contribution in [0.2, 0.25) is 0 Å². The molecule has 0 spiro atoms. The summed E-state index contributed by atoms with van der Waals surface area (Å²) in [6.07, 6.45) is 10.8. The van der Waals surface area contributed by atoms with E-state index in [1.807, 2.05) is 0 Å². The largest absolute Gasteiger partial charge is 0.299 e. The topological polar surface area (TPSA) is 17.1 Å². The maximum atomic E-state index is 11.3. The van der Waals surface area contributed by atoms with Crippen LogP contribution in [0.5, 0.6) is 0 Å². The maximum Gasteiger partial charge on any atom is 0.136 e. The molecular weight excluding hydrogens is 172 g/mol. The molecule has 0 aromatic heterocycles. The Morgan fingerprint density at radius 1 is 1.43 bits per heavy atom. The minimum atomic E-state index is 0.275. The Morgan fingerprint density at radius 3 is 2.86 bits per heavy atom. The number of unbranched alkanes of at least 4 members (excludes halogenated alkanes) is 3. The van der Waals surface area contributed by atoms with E-state index in [-0.39, 0.29) is 5.92 Å². The highest BCUT2D eigenvalue weighted by Crippen LogP contribution is 2.30. The average molecular weight is 194 g/mol. The SMILES string of the molecule is CCCCCCC1=CCCC1C(C)=O. The number of hydrogen-bond donors (Lipinski definition) is 0. The Kier molecular flexibility index (Phi) is 4.92. The van der Waals surface area contributed by atoms with E-state index in [1.54, 1.807) is 6.92 Å². The molecule has 0 saturated carbocycles. The zero-order chi connectivity index (χ0) is 10.4. The van der Waals surface area contributed by atoms with Crippen LogP contribution in [0.25, 0.3) is 0 Å². The predicted molar refractivity (Wildman–Crippen MR) is 60.2 cm³/mol. The van der Waals surface area contributed by atoms with E-state index in [4.69, 9.17) is 0 Å². The lowest BCUT2D eigenvalue weighted by Gasteiger charge is -2.10. The molecule has 1 aliphatic carbocycles. The van der Waals surface area contributed by atoms with Crippen LogP contribution in [-0.4, -0.2) is 5.78 Å². The summed E-state index contributed by atoms with van der Waals surface area (Å²) in [6.45, 7) is 3.96. The molecular formula is C13H22O. The van der Waals surface area contributed by atoms with E-state index in [0.717, 1.165) is 19.3 Å². The van der Waals surface area contributed by atoms with Crippen molar-refractivity contribution in [3.05, 3.63) is 11.6 Å². The molecule has 0 bridgehead atoms. The van der Waals surface area contributed by atoms with Crippen molar-refractivity contribution in [1.82, 2.24) is 0 Å². The fourth-order valence-electron chi connectivity index (χ4n) is 2.26. The van der Waals surface area contributed by atoms with Crippen LogP contribution in [0.4, 0.5) is 0 Å². The van der Waals surface area contributed by atoms with Crippen molar-refractivity contribution in [3.63, 3.8) is 0 Å². The highest BCUT2D eigenvalue weighted by Gasteiger charge is 2.22. The molecule has 0 N–H and O–H groups in total. The summed E-state index contributed by atoms with van der Waals surface area (Å²) in [5, 5.41) is 0. The number of Topliss-reactive ketones (excluding diaryl/α,β-unsaturated/α-hetero) is 1. The summed E-state index contributed by atoms with van der Waals surface area (Å²) in [5.41, 5.74) is 1.42. The Hall–Kier alpha value is -0.590. The highest BCUT2D eigenvalue weighted by atomic mass is 16.1. The first-order valence-electron chi connectivity index (χ1n) is 5.95. The molecule has 1 heteroatoms. The van der Waals surface area contributed by atoms with Crippen molar-refractivity contribution in [2.24, 2.45) is 5.92 Å². The molecule has 14 heavy (non-hydrogen) atoms. The summed E-state index contributed by atoms with van der Waals surface area (Å²) in [4.78, 5) is 11.3. The third-order valence-corrected chi connectivity index (χ3v) is 3.12. The van der Waals surface area contributed by atoms with Gasteiger partial charge in [-0.2, -0.15) is 0 Å². The second-order valence-corrected chi connectivity index (χ2v) is 4.33. The van der Waals surface area contributed by atoms with E-state index in [9.17, 15) is 4.79 Å². The lowest BCUT2D eigenvalue weighted by Crippen LogP contribution is -2.09. The third kappa shape index (κ3) is 3.28. The summed E-state index contributed by atoms with van der Waals surface area (Å²) >= 11 is 0. The van der Waals surface area contributed by atoms with Gasteiger partial charge in [-0.1, -0.05) is 37.8 Å². The van der Waals surface area contributed by atoms with Crippen molar-refractivity contribution in [2.45, 2.75) is 58.8 Å². The number of rotatable bonds is 6. The second-order valence-electron chi connectivity index (χ2n) is 4.33. The van der Waals surface area contributed by atoms with Gasteiger partial charge in [-0.25, -0.2) is 0 Å². The lowest BCUT2D eigenvalue weighted by atomic mass is 9.93. The maximum absolute atomic E-state index is 11.3. The number of allylic oxidation sites excluding steroid dienone is 2. The monoisotopic (exact) mass is 194 g/mol. The van der Waals surface area contributed by atoms with Crippen LogP contribution < -0.4 is 0 Å². The van der Waals surface area contributed by atoms with Crippen molar-refractivity contribution < 1.29 is 4.79 Å². The van der Waals surface area contributed by atoms with Gasteiger partial charge in [0.05, 0.1) is 0 Å². The van der Waals surface area contributed by atoms with Crippen LogP contribution in [0.3, 0.4) is 0 Å². The predicted octanol–water partition coefficient (Wildman–Crippen LogP) is 3.88. The average Bonchev–Trinajstić information content (AvgIpc) is 2.60. The van der Waals surface area contributed by atoms with Crippen molar-refractivity contribution in [2.75, 3.05) is 0 Å². The first kappa shape index (κ1) is 11.5. The standard InChI is InChI=1S/C13H22O/c1-3-4-5-6-8-12-9-7-10-13(12)11(2)14/h9,13H,3-8,10H2,1-2H3. The molecule has 0 saturated heterocycles. The van der Waals surface area contributed by atoms with Crippen LogP contribution in [0.1, 0.15) is 58.8 Å². The van der Waals surface area contributed by atoms with Gasteiger partial charge in [0, 0.05) is 5.92 Å².